The number of allylic oxidation sites excluding steroid dienone is 1. The van der Waals surface area contributed by atoms with Gasteiger partial charge in [0.2, 0.25) is 0 Å². The van der Waals surface area contributed by atoms with E-state index in [-0.39, 0.29) is 6.61 Å². The summed E-state index contributed by atoms with van der Waals surface area (Å²) >= 11 is 0. The summed E-state index contributed by atoms with van der Waals surface area (Å²) in [6.07, 6.45) is 2.29. The van der Waals surface area contributed by atoms with Crippen molar-refractivity contribution in [3.63, 3.8) is 0 Å². The van der Waals surface area contributed by atoms with Gasteiger partial charge in [0.15, 0.2) is 0 Å². The molecule has 5 heteroatoms. The molecule has 0 spiro atoms. The van der Waals surface area contributed by atoms with Gasteiger partial charge in [0.05, 0.1) is 6.61 Å². The van der Waals surface area contributed by atoms with Gasteiger partial charge < -0.3 is 9.84 Å². The van der Waals surface area contributed by atoms with Crippen molar-refractivity contribution in [3.8, 4) is 5.75 Å². The largest absolute Gasteiger partial charge is 0.492 e. The van der Waals surface area contributed by atoms with Crippen molar-refractivity contribution < 1.29 is 9.84 Å². The number of piperazine rings is 1. The average molecular weight is 360 g/mol. The van der Waals surface area contributed by atoms with Gasteiger partial charge in [-0.25, -0.2) is 0 Å². The summed E-state index contributed by atoms with van der Waals surface area (Å²) in [6.45, 7) is 14.3. The fourth-order valence-corrected chi connectivity index (χ4v) is 3.64. The molecule has 2 aliphatic heterocycles. The van der Waals surface area contributed by atoms with Gasteiger partial charge in [0.25, 0.3) is 0 Å². The van der Waals surface area contributed by atoms with E-state index in [1.807, 2.05) is 0 Å². The van der Waals surface area contributed by atoms with Gasteiger partial charge in [-0.15, -0.1) is 0 Å². The molecule has 2 aliphatic rings. The van der Waals surface area contributed by atoms with Gasteiger partial charge in [0.1, 0.15) is 12.4 Å². The zero-order valence-corrected chi connectivity index (χ0v) is 16.3. The highest BCUT2D eigenvalue weighted by Crippen LogP contribution is 2.25. The Hall–Kier alpha value is -1.40. The molecule has 1 fully saturated rings. The Morgan fingerprint density at radius 1 is 1.08 bits per heavy atom. The second kappa shape index (κ2) is 9.51. The summed E-state index contributed by atoms with van der Waals surface area (Å²) in [5, 5.41) is 9.07. The molecular weight excluding hydrogens is 326 g/mol. The van der Waals surface area contributed by atoms with E-state index in [0.29, 0.717) is 0 Å². The summed E-state index contributed by atoms with van der Waals surface area (Å²) in [5.41, 5.74) is 4.04. The lowest BCUT2D eigenvalue weighted by molar-refractivity contribution is 0.108. The highest BCUT2D eigenvalue weighted by molar-refractivity contribution is 5.38. The second-order valence-corrected chi connectivity index (χ2v) is 7.65. The van der Waals surface area contributed by atoms with E-state index in [2.05, 4.69) is 52.8 Å². The quantitative estimate of drug-likeness (QED) is 0.786. The first-order valence-corrected chi connectivity index (χ1v) is 9.80. The summed E-state index contributed by atoms with van der Waals surface area (Å²) in [7, 11) is 0. The molecule has 1 aromatic carbocycles. The smallest absolute Gasteiger partial charge is 0.123 e. The SMILES string of the molecule is CC(C)=CCN1CCOc2ccc(CN3CCN(CCO)CC3)cc2C1. The van der Waals surface area contributed by atoms with Crippen LogP contribution in [0.1, 0.15) is 25.0 Å². The fourth-order valence-electron chi connectivity index (χ4n) is 3.64. The van der Waals surface area contributed by atoms with E-state index in [0.717, 1.165) is 71.3 Å². The molecule has 0 aromatic heterocycles. The van der Waals surface area contributed by atoms with Crippen molar-refractivity contribution in [2.45, 2.75) is 26.9 Å². The predicted octanol–water partition coefficient (Wildman–Crippen LogP) is 1.96. The van der Waals surface area contributed by atoms with Crippen molar-refractivity contribution in [2.24, 2.45) is 0 Å². The minimum absolute atomic E-state index is 0.258. The Bertz CT molecular complexity index is 605. The van der Waals surface area contributed by atoms with Crippen LogP contribution in [-0.4, -0.2) is 78.8 Å². The molecule has 2 heterocycles. The molecule has 0 unspecified atom stereocenters. The molecule has 0 aliphatic carbocycles. The van der Waals surface area contributed by atoms with E-state index < -0.39 is 0 Å². The number of benzene rings is 1. The Balaban J connectivity index is 1.60. The number of aliphatic hydroxyl groups excluding tert-OH is 1. The Labute approximate surface area is 157 Å². The van der Waals surface area contributed by atoms with Gasteiger partial charge in [-0.05, 0) is 31.5 Å². The van der Waals surface area contributed by atoms with Crippen LogP contribution in [0, 0.1) is 0 Å². The van der Waals surface area contributed by atoms with Crippen LogP contribution in [0.4, 0.5) is 0 Å². The van der Waals surface area contributed by atoms with Crippen LogP contribution in [0.25, 0.3) is 0 Å². The number of hydrogen-bond donors (Lipinski definition) is 1. The third-order valence-electron chi connectivity index (χ3n) is 5.23. The molecule has 3 rings (SSSR count). The van der Waals surface area contributed by atoms with Gasteiger partial charge in [0, 0.05) is 64.5 Å². The zero-order valence-electron chi connectivity index (χ0n) is 16.3. The van der Waals surface area contributed by atoms with Gasteiger partial charge >= 0.3 is 0 Å². The fraction of sp³-hybridized carbons (Fsp3) is 0.619. The van der Waals surface area contributed by atoms with Crippen LogP contribution in [0.3, 0.4) is 0 Å². The molecule has 5 nitrogen and oxygen atoms in total. The van der Waals surface area contributed by atoms with E-state index >= 15 is 0 Å². The van der Waals surface area contributed by atoms with Gasteiger partial charge in [-0.3, -0.25) is 14.7 Å². The molecule has 0 radical (unpaired) electrons. The third kappa shape index (κ3) is 5.55. The van der Waals surface area contributed by atoms with E-state index in [4.69, 9.17) is 9.84 Å². The Morgan fingerprint density at radius 3 is 2.58 bits per heavy atom. The monoisotopic (exact) mass is 359 g/mol. The van der Waals surface area contributed by atoms with Crippen LogP contribution >= 0.6 is 0 Å². The third-order valence-corrected chi connectivity index (χ3v) is 5.23. The Kier molecular flexibility index (Phi) is 7.08. The maximum Gasteiger partial charge on any atom is 0.123 e. The van der Waals surface area contributed by atoms with Crippen molar-refractivity contribution in [1.82, 2.24) is 14.7 Å². The van der Waals surface area contributed by atoms with Crippen LogP contribution in [-0.2, 0) is 13.1 Å². The van der Waals surface area contributed by atoms with E-state index in [9.17, 15) is 0 Å². The van der Waals surface area contributed by atoms with Crippen LogP contribution in [0.2, 0.25) is 0 Å². The number of β-amino-alcohol motifs (C(OH)–C–C–N with tert-alkyl or cyclic N) is 1. The first-order valence-electron chi connectivity index (χ1n) is 9.80. The molecule has 1 N–H and O–H groups in total. The second-order valence-electron chi connectivity index (χ2n) is 7.65. The number of hydrogen-bond acceptors (Lipinski definition) is 5. The van der Waals surface area contributed by atoms with Crippen LogP contribution in [0.15, 0.2) is 29.8 Å². The minimum atomic E-state index is 0.258. The first kappa shape index (κ1) is 19.4. The summed E-state index contributed by atoms with van der Waals surface area (Å²) < 4.78 is 5.97. The molecule has 0 bridgehead atoms. The van der Waals surface area contributed by atoms with Crippen molar-refractivity contribution >= 4 is 0 Å². The van der Waals surface area contributed by atoms with Crippen LogP contribution in [0.5, 0.6) is 5.75 Å². The normalized spacial score (nSPS) is 19.5. The molecule has 0 saturated carbocycles. The summed E-state index contributed by atoms with van der Waals surface area (Å²) in [5.74, 6) is 1.04. The van der Waals surface area contributed by atoms with Crippen molar-refractivity contribution in [1.29, 1.82) is 0 Å². The summed E-state index contributed by atoms with van der Waals surface area (Å²) in [4.78, 5) is 7.30. The van der Waals surface area contributed by atoms with Crippen molar-refractivity contribution in [2.75, 3.05) is 59.0 Å². The van der Waals surface area contributed by atoms with Crippen molar-refractivity contribution in [3.05, 3.63) is 41.0 Å². The van der Waals surface area contributed by atoms with Gasteiger partial charge in [-0.2, -0.15) is 0 Å². The number of fused-ring (bicyclic) bond motifs is 1. The van der Waals surface area contributed by atoms with Crippen LogP contribution < -0.4 is 4.74 Å². The number of nitrogens with zero attached hydrogens (tertiary/aromatic N) is 3. The molecule has 26 heavy (non-hydrogen) atoms. The molecule has 0 amide bonds. The summed E-state index contributed by atoms with van der Waals surface area (Å²) in [6, 6.07) is 6.69. The maximum absolute atomic E-state index is 9.07. The van der Waals surface area contributed by atoms with Gasteiger partial charge in [-0.1, -0.05) is 17.7 Å². The lowest BCUT2D eigenvalue weighted by Crippen LogP contribution is -2.46. The molecule has 1 aromatic rings. The maximum atomic E-state index is 9.07. The minimum Gasteiger partial charge on any atom is -0.492 e. The topological polar surface area (TPSA) is 39.2 Å². The molecular formula is C21H33N3O2. The lowest BCUT2D eigenvalue weighted by atomic mass is 10.1. The average Bonchev–Trinajstić information content (AvgIpc) is 2.83. The number of aliphatic hydroxyl groups is 1. The lowest BCUT2D eigenvalue weighted by Gasteiger charge is -2.34. The van der Waals surface area contributed by atoms with E-state index in [1.54, 1.807) is 0 Å². The highest BCUT2D eigenvalue weighted by atomic mass is 16.5. The highest BCUT2D eigenvalue weighted by Gasteiger charge is 2.18. The molecule has 0 atom stereocenters. The number of ether oxygens (including phenoxy) is 1. The van der Waals surface area contributed by atoms with E-state index in [1.165, 1.54) is 16.7 Å². The standard InChI is InChI=1S/C21H33N3O2/c1-18(2)5-6-23-12-14-26-21-4-3-19(15-20(21)17-23)16-24-9-7-22(8-10-24)11-13-25/h3-5,15,25H,6-14,16-17H2,1-2H3. The molecule has 1 saturated heterocycles. The predicted molar refractivity (Wildman–Crippen MR) is 105 cm³/mol. The Morgan fingerprint density at radius 2 is 1.85 bits per heavy atom. The number of rotatable bonds is 6. The molecule has 144 valence electrons. The first-order chi connectivity index (χ1) is 12.6. The zero-order chi connectivity index (χ0) is 18.4.